The molecular weight excluding hydrogens is 264 g/mol. The SMILES string of the molecule is CC(=O)c1cc(Cl)cc(CN2CCN(C)CC2)c1O. The van der Waals surface area contributed by atoms with Gasteiger partial charge in [0, 0.05) is 43.3 Å². The molecule has 4 nitrogen and oxygen atoms in total. The van der Waals surface area contributed by atoms with E-state index in [4.69, 9.17) is 11.6 Å². The molecule has 104 valence electrons. The number of nitrogens with zero attached hydrogens (tertiary/aromatic N) is 2. The van der Waals surface area contributed by atoms with Gasteiger partial charge in [0.2, 0.25) is 0 Å². The normalized spacial score (nSPS) is 17.6. The monoisotopic (exact) mass is 282 g/mol. The van der Waals surface area contributed by atoms with Crippen LogP contribution in [0.5, 0.6) is 5.75 Å². The molecule has 0 aliphatic carbocycles. The Bertz CT molecular complexity index is 483. The fraction of sp³-hybridized carbons (Fsp3) is 0.500. The molecule has 0 amide bonds. The van der Waals surface area contributed by atoms with Crippen molar-refractivity contribution in [1.29, 1.82) is 0 Å². The van der Waals surface area contributed by atoms with Crippen LogP contribution in [0.4, 0.5) is 0 Å². The summed E-state index contributed by atoms with van der Waals surface area (Å²) < 4.78 is 0. The number of hydrogen-bond acceptors (Lipinski definition) is 4. The lowest BCUT2D eigenvalue weighted by Gasteiger charge is -2.32. The molecule has 0 unspecified atom stereocenters. The van der Waals surface area contributed by atoms with Crippen LogP contribution in [0.3, 0.4) is 0 Å². The van der Waals surface area contributed by atoms with Crippen LogP contribution in [0.25, 0.3) is 0 Å². The van der Waals surface area contributed by atoms with Gasteiger partial charge in [-0.05, 0) is 26.1 Å². The lowest BCUT2D eigenvalue weighted by molar-refractivity contribution is 0.101. The summed E-state index contributed by atoms with van der Waals surface area (Å²) in [6, 6.07) is 3.26. The largest absolute Gasteiger partial charge is 0.507 e. The molecule has 0 aromatic heterocycles. The van der Waals surface area contributed by atoms with Gasteiger partial charge in [-0.3, -0.25) is 9.69 Å². The van der Waals surface area contributed by atoms with Crippen LogP contribution >= 0.6 is 11.6 Å². The van der Waals surface area contributed by atoms with E-state index in [9.17, 15) is 9.90 Å². The minimum Gasteiger partial charge on any atom is -0.507 e. The number of likely N-dealkylation sites (N-methyl/N-ethyl adjacent to an activating group) is 1. The minimum atomic E-state index is -0.167. The van der Waals surface area contributed by atoms with E-state index in [-0.39, 0.29) is 11.5 Å². The van der Waals surface area contributed by atoms with Crippen LogP contribution in [0.1, 0.15) is 22.8 Å². The van der Waals surface area contributed by atoms with Gasteiger partial charge in [-0.15, -0.1) is 0 Å². The van der Waals surface area contributed by atoms with Crippen molar-refractivity contribution in [2.75, 3.05) is 33.2 Å². The fourth-order valence-electron chi connectivity index (χ4n) is 2.29. The molecule has 19 heavy (non-hydrogen) atoms. The lowest BCUT2D eigenvalue weighted by Crippen LogP contribution is -2.43. The topological polar surface area (TPSA) is 43.8 Å². The molecule has 0 saturated carbocycles. The third-order valence-corrected chi connectivity index (χ3v) is 3.74. The molecule has 0 spiro atoms. The van der Waals surface area contributed by atoms with Crippen molar-refractivity contribution < 1.29 is 9.90 Å². The number of ketones is 1. The Kier molecular flexibility index (Phi) is 4.45. The van der Waals surface area contributed by atoms with E-state index in [1.807, 2.05) is 0 Å². The van der Waals surface area contributed by atoms with E-state index >= 15 is 0 Å². The van der Waals surface area contributed by atoms with Crippen molar-refractivity contribution in [1.82, 2.24) is 9.80 Å². The second kappa shape index (κ2) is 5.90. The van der Waals surface area contributed by atoms with Crippen molar-refractivity contribution in [2.45, 2.75) is 13.5 Å². The Morgan fingerprint density at radius 3 is 2.53 bits per heavy atom. The van der Waals surface area contributed by atoms with Crippen LogP contribution in [-0.2, 0) is 6.54 Å². The highest BCUT2D eigenvalue weighted by atomic mass is 35.5. The minimum absolute atomic E-state index is 0.0656. The molecule has 1 aromatic rings. The number of hydrogen-bond donors (Lipinski definition) is 1. The smallest absolute Gasteiger partial charge is 0.163 e. The Morgan fingerprint density at radius 1 is 1.32 bits per heavy atom. The molecule has 0 atom stereocenters. The number of benzene rings is 1. The van der Waals surface area contributed by atoms with Gasteiger partial charge in [-0.2, -0.15) is 0 Å². The predicted octanol–water partition coefficient (Wildman–Crippen LogP) is 2.00. The molecule has 0 bridgehead atoms. The highest BCUT2D eigenvalue weighted by Crippen LogP contribution is 2.28. The number of phenolic OH excluding ortho intramolecular Hbond substituents is 1. The zero-order chi connectivity index (χ0) is 14.0. The lowest BCUT2D eigenvalue weighted by atomic mass is 10.1. The van der Waals surface area contributed by atoms with E-state index in [0.717, 1.165) is 31.7 Å². The maximum atomic E-state index is 11.5. The second-order valence-electron chi connectivity index (χ2n) is 5.10. The first-order valence-electron chi connectivity index (χ1n) is 6.40. The highest BCUT2D eigenvalue weighted by molar-refractivity contribution is 6.31. The standard InChI is InChI=1S/C14H19ClN2O2/c1-10(18)13-8-12(15)7-11(14(13)19)9-17-5-3-16(2)4-6-17/h7-8,19H,3-6,9H2,1-2H3. The van der Waals surface area contributed by atoms with E-state index < -0.39 is 0 Å². The Morgan fingerprint density at radius 2 is 1.95 bits per heavy atom. The number of halogens is 1. The maximum Gasteiger partial charge on any atom is 0.163 e. The van der Waals surface area contributed by atoms with Gasteiger partial charge >= 0.3 is 0 Å². The molecule has 0 radical (unpaired) electrons. The van der Waals surface area contributed by atoms with E-state index in [0.29, 0.717) is 17.1 Å². The summed E-state index contributed by atoms with van der Waals surface area (Å²) in [5, 5.41) is 10.6. The van der Waals surface area contributed by atoms with Gasteiger partial charge in [0.25, 0.3) is 0 Å². The summed E-state index contributed by atoms with van der Waals surface area (Å²) in [5.41, 5.74) is 1.03. The average molecular weight is 283 g/mol. The van der Waals surface area contributed by atoms with E-state index in [1.165, 1.54) is 13.0 Å². The molecule has 1 aliphatic rings. The van der Waals surface area contributed by atoms with E-state index in [1.54, 1.807) is 6.07 Å². The molecule has 2 rings (SSSR count). The quantitative estimate of drug-likeness (QED) is 0.861. The molecule has 1 aliphatic heterocycles. The first kappa shape index (κ1) is 14.3. The zero-order valence-electron chi connectivity index (χ0n) is 11.3. The number of rotatable bonds is 3. The fourth-order valence-corrected chi connectivity index (χ4v) is 2.53. The Balaban J connectivity index is 2.18. The van der Waals surface area contributed by atoms with Crippen molar-refractivity contribution in [3.63, 3.8) is 0 Å². The van der Waals surface area contributed by atoms with Gasteiger partial charge in [-0.1, -0.05) is 11.6 Å². The van der Waals surface area contributed by atoms with Crippen molar-refractivity contribution in [3.8, 4) is 5.75 Å². The summed E-state index contributed by atoms with van der Waals surface area (Å²) >= 11 is 6.02. The second-order valence-corrected chi connectivity index (χ2v) is 5.53. The third kappa shape index (κ3) is 3.47. The zero-order valence-corrected chi connectivity index (χ0v) is 12.1. The van der Waals surface area contributed by atoms with Gasteiger partial charge in [0.05, 0.1) is 5.56 Å². The summed E-state index contributed by atoms with van der Waals surface area (Å²) in [7, 11) is 2.10. The summed E-state index contributed by atoms with van der Waals surface area (Å²) in [5.74, 6) is -0.101. The number of aromatic hydroxyl groups is 1. The van der Waals surface area contributed by atoms with E-state index in [2.05, 4.69) is 16.8 Å². The molecule has 1 N–H and O–H groups in total. The van der Waals surface area contributed by atoms with Gasteiger partial charge < -0.3 is 10.0 Å². The first-order valence-corrected chi connectivity index (χ1v) is 6.78. The van der Waals surface area contributed by atoms with Crippen LogP contribution in [0.15, 0.2) is 12.1 Å². The van der Waals surface area contributed by atoms with Crippen molar-refractivity contribution >= 4 is 17.4 Å². The molecule has 1 aromatic carbocycles. The molecule has 1 heterocycles. The maximum absolute atomic E-state index is 11.5. The van der Waals surface area contributed by atoms with Crippen LogP contribution in [0.2, 0.25) is 5.02 Å². The number of Topliss-reactive ketones (excluding diaryl/α,β-unsaturated/α-hetero) is 1. The molecular formula is C14H19ClN2O2. The number of phenols is 1. The van der Waals surface area contributed by atoms with Gasteiger partial charge in [-0.25, -0.2) is 0 Å². The third-order valence-electron chi connectivity index (χ3n) is 3.52. The molecule has 1 saturated heterocycles. The highest BCUT2D eigenvalue weighted by Gasteiger charge is 2.18. The number of carbonyl (C=O) groups excluding carboxylic acids is 1. The summed E-state index contributed by atoms with van der Waals surface area (Å²) in [4.78, 5) is 16.0. The van der Waals surface area contributed by atoms with Crippen LogP contribution < -0.4 is 0 Å². The van der Waals surface area contributed by atoms with Crippen molar-refractivity contribution in [2.24, 2.45) is 0 Å². The van der Waals surface area contributed by atoms with Crippen LogP contribution in [0, 0.1) is 0 Å². The Labute approximate surface area is 118 Å². The van der Waals surface area contributed by atoms with Gasteiger partial charge in [0.1, 0.15) is 5.75 Å². The Hall–Kier alpha value is -1.10. The van der Waals surface area contributed by atoms with Gasteiger partial charge in [0.15, 0.2) is 5.78 Å². The molecule has 5 heteroatoms. The molecule has 1 fully saturated rings. The number of piperazine rings is 1. The van der Waals surface area contributed by atoms with Crippen molar-refractivity contribution in [3.05, 3.63) is 28.3 Å². The average Bonchev–Trinajstić information content (AvgIpc) is 2.35. The summed E-state index contributed by atoms with van der Waals surface area (Å²) in [6.07, 6.45) is 0. The van der Waals surface area contributed by atoms with Crippen LogP contribution in [-0.4, -0.2) is 53.9 Å². The predicted molar refractivity (Wildman–Crippen MR) is 75.9 cm³/mol. The number of carbonyl (C=O) groups is 1. The summed E-state index contributed by atoms with van der Waals surface area (Å²) in [6.45, 7) is 6.00. The first-order chi connectivity index (χ1) is 8.97.